The topological polar surface area (TPSA) is 91.5 Å². The third-order valence-electron chi connectivity index (χ3n) is 1.59. The average molecular weight is 244 g/mol. The second kappa shape index (κ2) is 5.45. The largest absolute Gasteiger partial charge is 0.462 e. The maximum atomic E-state index is 11.5. The molecule has 88 valence electrons. The van der Waals surface area contributed by atoms with Gasteiger partial charge in [0.15, 0.2) is 5.13 Å². The van der Waals surface area contributed by atoms with Crippen molar-refractivity contribution in [2.45, 2.75) is 20.5 Å². The lowest BCUT2D eigenvalue weighted by Crippen LogP contribution is -2.08. The fourth-order valence-electron chi connectivity index (χ4n) is 0.994. The number of hydrogen-bond acceptors (Lipinski definition) is 7. The summed E-state index contributed by atoms with van der Waals surface area (Å²) in [5.41, 5.74) is 5.81. The number of aromatic nitrogens is 1. The van der Waals surface area contributed by atoms with Gasteiger partial charge in [0.2, 0.25) is 0 Å². The van der Waals surface area contributed by atoms with Crippen LogP contribution in [0.5, 0.6) is 0 Å². The van der Waals surface area contributed by atoms with Crippen molar-refractivity contribution in [2.75, 3.05) is 12.3 Å². The van der Waals surface area contributed by atoms with Crippen LogP contribution in [0.1, 0.15) is 29.2 Å². The Morgan fingerprint density at radius 3 is 2.69 bits per heavy atom. The van der Waals surface area contributed by atoms with Crippen LogP contribution in [0.25, 0.3) is 0 Å². The van der Waals surface area contributed by atoms with E-state index in [9.17, 15) is 9.59 Å². The third-order valence-corrected chi connectivity index (χ3v) is 2.49. The Hall–Kier alpha value is -1.63. The number of nitrogens with zero attached hydrogens (tertiary/aromatic N) is 1. The lowest BCUT2D eigenvalue weighted by atomic mass is 10.4. The first-order valence-electron chi connectivity index (χ1n) is 4.60. The number of thiazole rings is 1. The summed E-state index contributed by atoms with van der Waals surface area (Å²) >= 11 is 1.01. The molecule has 0 radical (unpaired) electrons. The molecule has 0 saturated carbocycles. The van der Waals surface area contributed by atoms with Gasteiger partial charge in [-0.2, -0.15) is 0 Å². The molecule has 1 heterocycles. The first kappa shape index (κ1) is 12.4. The lowest BCUT2D eigenvalue weighted by Gasteiger charge is -2.02. The molecule has 6 nitrogen and oxygen atoms in total. The number of esters is 2. The highest BCUT2D eigenvalue weighted by Crippen LogP contribution is 2.22. The van der Waals surface area contributed by atoms with E-state index in [4.69, 9.17) is 15.2 Å². The van der Waals surface area contributed by atoms with Crippen LogP contribution in [0, 0.1) is 0 Å². The Morgan fingerprint density at radius 1 is 1.44 bits per heavy atom. The fourth-order valence-corrected chi connectivity index (χ4v) is 1.72. The van der Waals surface area contributed by atoms with Gasteiger partial charge in [0.05, 0.1) is 6.61 Å². The Morgan fingerprint density at radius 2 is 2.12 bits per heavy atom. The van der Waals surface area contributed by atoms with Crippen LogP contribution in [0.15, 0.2) is 0 Å². The summed E-state index contributed by atoms with van der Waals surface area (Å²) in [7, 11) is 0. The zero-order valence-corrected chi connectivity index (χ0v) is 9.80. The predicted octanol–water partition coefficient (Wildman–Crippen LogP) is 0.965. The number of nitrogens with two attached hydrogens (primary N) is 1. The van der Waals surface area contributed by atoms with Gasteiger partial charge >= 0.3 is 11.9 Å². The van der Waals surface area contributed by atoms with Crippen molar-refractivity contribution >= 4 is 28.4 Å². The van der Waals surface area contributed by atoms with E-state index in [1.807, 2.05) is 0 Å². The molecule has 0 amide bonds. The second-order valence-corrected chi connectivity index (χ2v) is 3.86. The molecule has 0 saturated heterocycles. The van der Waals surface area contributed by atoms with Crippen molar-refractivity contribution in [2.24, 2.45) is 0 Å². The molecule has 0 aliphatic rings. The van der Waals surface area contributed by atoms with Crippen molar-refractivity contribution in [3.05, 3.63) is 10.6 Å². The highest BCUT2D eigenvalue weighted by Gasteiger charge is 2.18. The molecule has 1 aromatic rings. The zero-order chi connectivity index (χ0) is 12.1. The van der Waals surface area contributed by atoms with Gasteiger partial charge in [-0.05, 0) is 6.92 Å². The highest BCUT2D eigenvalue weighted by molar-refractivity contribution is 7.17. The van der Waals surface area contributed by atoms with Gasteiger partial charge in [-0.15, -0.1) is 0 Å². The number of ether oxygens (including phenoxy) is 2. The molecular weight excluding hydrogens is 232 g/mol. The third kappa shape index (κ3) is 3.20. The molecule has 0 aliphatic heterocycles. The maximum absolute atomic E-state index is 11.5. The fraction of sp³-hybridized carbons (Fsp3) is 0.444. The van der Waals surface area contributed by atoms with Crippen LogP contribution in [-0.2, 0) is 20.9 Å². The number of hydrogen-bond donors (Lipinski definition) is 1. The smallest absolute Gasteiger partial charge is 0.350 e. The molecule has 0 aliphatic carbocycles. The summed E-state index contributed by atoms with van der Waals surface area (Å²) in [6.45, 7) is 3.18. The van der Waals surface area contributed by atoms with Crippen molar-refractivity contribution in [3.63, 3.8) is 0 Å². The van der Waals surface area contributed by atoms with Gasteiger partial charge in [-0.1, -0.05) is 11.3 Å². The van der Waals surface area contributed by atoms with Gasteiger partial charge in [-0.25, -0.2) is 9.78 Å². The maximum Gasteiger partial charge on any atom is 0.350 e. The molecule has 7 heteroatoms. The molecule has 0 bridgehead atoms. The van der Waals surface area contributed by atoms with Crippen molar-refractivity contribution in [1.82, 2.24) is 4.98 Å². The van der Waals surface area contributed by atoms with Crippen LogP contribution < -0.4 is 5.73 Å². The van der Waals surface area contributed by atoms with Crippen molar-refractivity contribution in [1.29, 1.82) is 0 Å². The van der Waals surface area contributed by atoms with Crippen LogP contribution in [0.4, 0.5) is 5.13 Å². The van der Waals surface area contributed by atoms with E-state index in [-0.39, 0.29) is 23.2 Å². The van der Waals surface area contributed by atoms with Crippen LogP contribution in [0.3, 0.4) is 0 Å². The molecular formula is C9H12N2O4S. The molecule has 0 unspecified atom stereocenters. The van der Waals surface area contributed by atoms with E-state index in [2.05, 4.69) is 4.98 Å². The van der Waals surface area contributed by atoms with E-state index in [1.165, 1.54) is 6.92 Å². The summed E-state index contributed by atoms with van der Waals surface area (Å²) in [5, 5.41) is 0.241. The number of rotatable bonds is 4. The molecule has 1 rings (SSSR count). The van der Waals surface area contributed by atoms with E-state index < -0.39 is 11.9 Å². The molecule has 1 aromatic heterocycles. The van der Waals surface area contributed by atoms with E-state index >= 15 is 0 Å². The summed E-state index contributed by atoms with van der Waals surface area (Å²) in [6.07, 6.45) is 0. The number of carbonyl (C=O) groups excluding carboxylic acids is 2. The summed E-state index contributed by atoms with van der Waals surface area (Å²) in [5.74, 6) is -0.944. The van der Waals surface area contributed by atoms with E-state index in [1.54, 1.807) is 6.92 Å². The highest BCUT2D eigenvalue weighted by atomic mass is 32.1. The van der Waals surface area contributed by atoms with Crippen LogP contribution >= 0.6 is 11.3 Å². The standard InChI is InChI=1S/C9H12N2O4S/c1-3-14-8(13)7-6(4-15-5(2)12)11-9(10)16-7/h3-4H2,1-2H3,(H2,10,11). The number of anilines is 1. The minimum atomic E-state index is -0.501. The van der Waals surface area contributed by atoms with Gasteiger partial charge in [0, 0.05) is 6.92 Å². The molecule has 2 N–H and O–H groups in total. The molecule has 0 aromatic carbocycles. The quantitative estimate of drug-likeness (QED) is 0.793. The first-order valence-corrected chi connectivity index (χ1v) is 5.42. The summed E-state index contributed by atoms with van der Waals surface area (Å²) in [6, 6.07) is 0. The van der Waals surface area contributed by atoms with Crippen LogP contribution in [-0.4, -0.2) is 23.5 Å². The number of nitrogen functional groups attached to an aromatic ring is 1. The lowest BCUT2D eigenvalue weighted by molar-refractivity contribution is -0.142. The molecule has 16 heavy (non-hydrogen) atoms. The van der Waals surface area contributed by atoms with Gasteiger partial charge < -0.3 is 15.2 Å². The van der Waals surface area contributed by atoms with E-state index in [0.29, 0.717) is 5.69 Å². The monoisotopic (exact) mass is 244 g/mol. The summed E-state index contributed by atoms with van der Waals surface area (Å²) < 4.78 is 9.58. The molecule has 0 spiro atoms. The minimum absolute atomic E-state index is 0.0722. The molecule has 0 fully saturated rings. The van der Waals surface area contributed by atoms with Crippen molar-refractivity contribution < 1.29 is 19.1 Å². The van der Waals surface area contributed by atoms with Gasteiger partial charge in [0.25, 0.3) is 0 Å². The minimum Gasteiger partial charge on any atom is -0.462 e. The van der Waals surface area contributed by atoms with E-state index in [0.717, 1.165) is 11.3 Å². The Bertz CT molecular complexity index is 402. The van der Waals surface area contributed by atoms with Crippen LogP contribution in [0.2, 0.25) is 0 Å². The number of carbonyl (C=O) groups is 2. The SMILES string of the molecule is CCOC(=O)c1sc(N)nc1COC(C)=O. The zero-order valence-electron chi connectivity index (χ0n) is 8.98. The first-order chi connectivity index (χ1) is 7.54. The van der Waals surface area contributed by atoms with Gasteiger partial charge in [-0.3, -0.25) is 4.79 Å². The van der Waals surface area contributed by atoms with Crippen molar-refractivity contribution in [3.8, 4) is 0 Å². The normalized spacial score (nSPS) is 9.88. The Kier molecular flexibility index (Phi) is 4.24. The predicted molar refractivity (Wildman–Crippen MR) is 58.0 cm³/mol. The summed E-state index contributed by atoms with van der Waals surface area (Å²) in [4.78, 5) is 26.3. The second-order valence-electron chi connectivity index (χ2n) is 2.83. The average Bonchev–Trinajstić information content (AvgIpc) is 2.57. The Labute approximate surface area is 96.4 Å². The Balaban J connectivity index is 2.82. The molecule has 0 atom stereocenters. The van der Waals surface area contributed by atoms with Gasteiger partial charge in [0.1, 0.15) is 17.2 Å².